The SMILES string of the molecule is CN(C)CCCNc1c2c(nc3ccccc13)CCC2.[Cl-]. The molecular weight excluding hydrogens is 282 g/mol. The van der Waals surface area contributed by atoms with Crippen molar-refractivity contribution >= 4 is 16.6 Å². The Morgan fingerprint density at radius 1 is 1.19 bits per heavy atom. The van der Waals surface area contributed by atoms with E-state index in [0.29, 0.717) is 0 Å². The number of para-hydroxylation sites is 1. The van der Waals surface area contributed by atoms with Crippen LogP contribution in [0.25, 0.3) is 10.9 Å². The Kier molecular flexibility index (Phi) is 5.43. The lowest BCUT2D eigenvalue weighted by atomic mass is 10.1. The zero-order chi connectivity index (χ0) is 13.9. The molecule has 0 saturated carbocycles. The predicted molar refractivity (Wildman–Crippen MR) is 85.4 cm³/mol. The lowest BCUT2D eigenvalue weighted by Crippen LogP contribution is -3.00. The summed E-state index contributed by atoms with van der Waals surface area (Å²) in [5.74, 6) is 0. The first kappa shape index (κ1) is 16.1. The maximum absolute atomic E-state index is 4.82. The van der Waals surface area contributed by atoms with Crippen LogP contribution in [0.4, 0.5) is 5.69 Å². The molecule has 0 fully saturated rings. The van der Waals surface area contributed by atoms with Gasteiger partial charge in [-0.3, -0.25) is 4.98 Å². The number of aromatic nitrogens is 1. The zero-order valence-corrected chi connectivity index (χ0v) is 13.6. The van der Waals surface area contributed by atoms with Crippen molar-refractivity contribution in [3.8, 4) is 0 Å². The van der Waals surface area contributed by atoms with Gasteiger partial charge in [0.1, 0.15) is 0 Å². The highest BCUT2D eigenvalue weighted by molar-refractivity contribution is 5.93. The molecule has 21 heavy (non-hydrogen) atoms. The van der Waals surface area contributed by atoms with Gasteiger partial charge >= 0.3 is 0 Å². The zero-order valence-electron chi connectivity index (χ0n) is 12.8. The molecule has 1 aliphatic carbocycles. The molecule has 0 atom stereocenters. The van der Waals surface area contributed by atoms with E-state index < -0.39 is 0 Å². The lowest BCUT2D eigenvalue weighted by Gasteiger charge is -2.15. The summed E-state index contributed by atoms with van der Waals surface area (Å²) >= 11 is 0. The molecule has 1 heterocycles. The van der Waals surface area contributed by atoms with Crippen LogP contribution in [0.2, 0.25) is 0 Å². The number of fused-ring (bicyclic) bond motifs is 2. The van der Waals surface area contributed by atoms with Crippen molar-refractivity contribution in [3.05, 3.63) is 35.5 Å². The molecule has 1 N–H and O–H groups in total. The molecule has 0 spiro atoms. The molecule has 0 amide bonds. The summed E-state index contributed by atoms with van der Waals surface area (Å²) in [5.41, 5.74) is 5.22. The minimum absolute atomic E-state index is 0. The second-order valence-electron chi connectivity index (χ2n) is 5.87. The van der Waals surface area contributed by atoms with Crippen LogP contribution in [0.15, 0.2) is 24.3 Å². The van der Waals surface area contributed by atoms with Gasteiger partial charge in [0.25, 0.3) is 0 Å². The first-order valence-corrected chi connectivity index (χ1v) is 7.55. The van der Waals surface area contributed by atoms with E-state index in [1.54, 1.807) is 0 Å². The van der Waals surface area contributed by atoms with Gasteiger partial charge in [-0.25, -0.2) is 0 Å². The van der Waals surface area contributed by atoms with Crippen LogP contribution in [0.3, 0.4) is 0 Å². The number of pyridine rings is 1. The van der Waals surface area contributed by atoms with Gasteiger partial charge in [-0.15, -0.1) is 0 Å². The van der Waals surface area contributed by atoms with Crippen molar-refractivity contribution in [2.75, 3.05) is 32.5 Å². The maximum atomic E-state index is 4.82. The summed E-state index contributed by atoms with van der Waals surface area (Å²) in [7, 11) is 4.25. The van der Waals surface area contributed by atoms with Crippen LogP contribution in [-0.2, 0) is 12.8 Å². The molecule has 0 bridgehead atoms. The Morgan fingerprint density at radius 3 is 2.81 bits per heavy atom. The van der Waals surface area contributed by atoms with E-state index in [2.05, 4.69) is 48.6 Å². The summed E-state index contributed by atoms with van der Waals surface area (Å²) < 4.78 is 0. The van der Waals surface area contributed by atoms with E-state index in [0.717, 1.165) is 25.0 Å². The summed E-state index contributed by atoms with van der Waals surface area (Å²) in [6, 6.07) is 8.50. The molecule has 3 nitrogen and oxygen atoms in total. The van der Waals surface area contributed by atoms with Crippen LogP contribution in [0.5, 0.6) is 0 Å². The molecule has 114 valence electrons. The molecule has 3 rings (SSSR count). The Labute approximate surface area is 133 Å². The third-order valence-electron chi connectivity index (χ3n) is 4.00. The fourth-order valence-electron chi connectivity index (χ4n) is 3.02. The van der Waals surface area contributed by atoms with Gasteiger partial charge in [0.15, 0.2) is 0 Å². The molecule has 2 aromatic rings. The van der Waals surface area contributed by atoms with Crippen LogP contribution in [0.1, 0.15) is 24.1 Å². The fraction of sp³-hybridized carbons (Fsp3) is 0.471. The quantitative estimate of drug-likeness (QED) is 0.794. The number of hydrogen-bond acceptors (Lipinski definition) is 3. The Hall–Kier alpha value is -1.32. The van der Waals surface area contributed by atoms with Gasteiger partial charge in [-0.05, 0) is 58.0 Å². The molecule has 0 unspecified atom stereocenters. The molecule has 0 aliphatic heterocycles. The molecule has 1 aromatic carbocycles. The van der Waals surface area contributed by atoms with Crippen molar-refractivity contribution in [1.29, 1.82) is 0 Å². The predicted octanol–water partition coefficient (Wildman–Crippen LogP) is 0.0911. The molecule has 0 radical (unpaired) electrons. The Balaban J connectivity index is 0.00000161. The van der Waals surface area contributed by atoms with Crippen molar-refractivity contribution in [2.24, 2.45) is 0 Å². The standard InChI is InChI=1S/C17H23N3.ClH/c1-20(2)12-6-11-18-17-13-7-3-4-9-15(13)19-16-10-5-8-14(16)17;/h3-4,7,9H,5-6,8,10-12H2,1-2H3,(H,18,19);1H/p-1. The molecule has 1 aliphatic rings. The van der Waals surface area contributed by atoms with Crippen molar-refractivity contribution in [3.63, 3.8) is 0 Å². The minimum Gasteiger partial charge on any atom is -1.00 e. The van der Waals surface area contributed by atoms with Gasteiger partial charge < -0.3 is 22.6 Å². The number of hydrogen-bond donors (Lipinski definition) is 1. The number of nitrogens with one attached hydrogen (secondary N) is 1. The third-order valence-corrected chi connectivity index (χ3v) is 4.00. The molecular formula is C17H23ClN3-. The van der Waals surface area contributed by atoms with E-state index in [4.69, 9.17) is 4.98 Å². The summed E-state index contributed by atoms with van der Waals surface area (Å²) in [6.07, 6.45) is 4.71. The van der Waals surface area contributed by atoms with Crippen molar-refractivity contribution in [2.45, 2.75) is 25.7 Å². The molecule has 4 heteroatoms. The topological polar surface area (TPSA) is 28.2 Å². The van der Waals surface area contributed by atoms with Gasteiger partial charge in [-0.2, -0.15) is 0 Å². The first-order chi connectivity index (χ1) is 9.75. The number of nitrogens with zero attached hydrogens (tertiary/aromatic N) is 2. The number of aryl methyl sites for hydroxylation is 1. The highest BCUT2D eigenvalue weighted by Crippen LogP contribution is 2.33. The van der Waals surface area contributed by atoms with E-state index in [1.165, 1.54) is 41.6 Å². The smallest absolute Gasteiger partial charge is 0.0726 e. The van der Waals surface area contributed by atoms with Gasteiger partial charge in [-0.1, -0.05) is 18.2 Å². The summed E-state index contributed by atoms with van der Waals surface area (Å²) in [4.78, 5) is 7.06. The number of benzene rings is 1. The second kappa shape index (κ2) is 7.10. The third kappa shape index (κ3) is 3.47. The van der Waals surface area contributed by atoms with Gasteiger partial charge in [0.05, 0.1) is 5.52 Å². The maximum Gasteiger partial charge on any atom is 0.0726 e. The number of halogens is 1. The lowest BCUT2D eigenvalue weighted by molar-refractivity contribution is -0.00000421. The van der Waals surface area contributed by atoms with Crippen molar-refractivity contribution in [1.82, 2.24) is 9.88 Å². The van der Waals surface area contributed by atoms with E-state index in [-0.39, 0.29) is 12.4 Å². The minimum atomic E-state index is 0. The van der Waals surface area contributed by atoms with Crippen molar-refractivity contribution < 1.29 is 12.4 Å². The summed E-state index contributed by atoms with van der Waals surface area (Å²) in [6.45, 7) is 2.15. The number of anilines is 1. The summed E-state index contributed by atoms with van der Waals surface area (Å²) in [5, 5.41) is 4.95. The van der Waals surface area contributed by atoms with Crippen LogP contribution >= 0.6 is 0 Å². The average Bonchev–Trinajstić information content (AvgIpc) is 2.90. The van der Waals surface area contributed by atoms with E-state index >= 15 is 0 Å². The van der Waals surface area contributed by atoms with Crippen LogP contribution in [-0.4, -0.2) is 37.1 Å². The van der Waals surface area contributed by atoms with Crippen LogP contribution in [0, 0.1) is 0 Å². The Morgan fingerprint density at radius 2 is 2.00 bits per heavy atom. The monoisotopic (exact) mass is 304 g/mol. The van der Waals surface area contributed by atoms with Crippen LogP contribution < -0.4 is 17.7 Å². The molecule has 0 saturated heterocycles. The highest BCUT2D eigenvalue weighted by atomic mass is 35.5. The van der Waals surface area contributed by atoms with E-state index in [1.807, 2.05) is 0 Å². The number of rotatable bonds is 5. The fourth-order valence-corrected chi connectivity index (χ4v) is 3.02. The largest absolute Gasteiger partial charge is 1.00 e. The Bertz CT molecular complexity index is 610. The van der Waals surface area contributed by atoms with Gasteiger partial charge in [0.2, 0.25) is 0 Å². The first-order valence-electron chi connectivity index (χ1n) is 7.55. The van der Waals surface area contributed by atoms with Gasteiger partial charge in [0, 0.05) is 23.3 Å². The average molecular weight is 305 g/mol. The second-order valence-corrected chi connectivity index (χ2v) is 5.87. The normalized spacial score (nSPS) is 13.3. The molecule has 1 aromatic heterocycles. The highest BCUT2D eigenvalue weighted by Gasteiger charge is 2.18. The van der Waals surface area contributed by atoms with E-state index in [9.17, 15) is 0 Å².